The van der Waals surface area contributed by atoms with Crippen LogP contribution in [0.4, 0.5) is 5.82 Å². The predicted octanol–water partition coefficient (Wildman–Crippen LogP) is 3.92. The van der Waals surface area contributed by atoms with Gasteiger partial charge in [-0.1, -0.05) is 30.3 Å². The van der Waals surface area contributed by atoms with E-state index in [1.54, 1.807) is 22.9 Å². The number of amides is 1. The zero-order valence-corrected chi connectivity index (χ0v) is 17.1. The highest BCUT2D eigenvalue weighted by atomic mass is 16.5. The molecule has 0 saturated carbocycles. The Balaban J connectivity index is 1.50. The van der Waals surface area contributed by atoms with E-state index >= 15 is 0 Å². The number of carbonyl (C=O) groups excluding carboxylic acids is 1. The Morgan fingerprint density at radius 1 is 1.17 bits per heavy atom. The van der Waals surface area contributed by atoms with E-state index in [9.17, 15) is 4.79 Å². The van der Waals surface area contributed by atoms with Crippen molar-refractivity contribution in [3.05, 3.63) is 71.4 Å². The summed E-state index contributed by atoms with van der Waals surface area (Å²) in [4.78, 5) is 12.4. The number of benzene rings is 2. The molecule has 7 nitrogen and oxygen atoms in total. The third-order valence-corrected chi connectivity index (χ3v) is 4.44. The van der Waals surface area contributed by atoms with E-state index in [1.807, 2.05) is 43.3 Å². The third kappa shape index (κ3) is 5.61. The second-order valence-electron chi connectivity index (χ2n) is 6.79. The number of methoxy groups -OCH3 is 1. The number of carbonyl (C=O) groups is 1. The van der Waals surface area contributed by atoms with Crippen LogP contribution < -0.4 is 14.8 Å². The number of nitrogens with zero attached hydrogens (tertiary/aromatic N) is 3. The number of aryl methyl sites for hydroxylation is 1. The fourth-order valence-electron chi connectivity index (χ4n) is 3.00. The summed E-state index contributed by atoms with van der Waals surface area (Å²) in [5, 5.41) is 16.4. The lowest BCUT2D eigenvalue weighted by Gasteiger charge is -2.11. The Morgan fingerprint density at radius 2 is 1.97 bits per heavy atom. The number of hydrogen-bond donors (Lipinski definition) is 1. The fourth-order valence-corrected chi connectivity index (χ4v) is 3.00. The van der Waals surface area contributed by atoms with Crippen molar-refractivity contribution in [3.63, 3.8) is 0 Å². The summed E-state index contributed by atoms with van der Waals surface area (Å²) in [6.07, 6.45) is 0.856. The van der Waals surface area contributed by atoms with Gasteiger partial charge in [0, 0.05) is 18.6 Å². The van der Waals surface area contributed by atoms with Crippen molar-refractivity contribution in [2.24, 2.45) is 0 Å². The Kier molecular flexibility index (Phi) is 7.06. The molecule has 1 N–H and O–H groups in total. The van der Waals surface area contributed by atoms with Gasteiger partial charge in [0.15, 0.2) is 11.5 Å². The molecule has 0 spiro atoms. The molecule has 154 valence electrons. The normalized spacial score (nSPS) is 10.3. The topological polar surface area (TPSA) is 89.2 Å². The second kappa shape index (κ2) is 10.1. The van der Waals surface area contributed by atoms with Gasteiger partial charge in [-0.25, -0.2) is 4.68 Å². The first kappa shape index (κ1) is 20.9. The van der Waals surface area contributed by atoms with Gasteiger partial charge >= 0.3 is 0 Å². The van der Waals surface area contributed by atoms with E-state index in [0.29, 0.717) is 48.9 Å². The van der Waals surface area contributed by atoms with Crippen LogP contribution in [0.5, 0.6) is 11.5 Å². The molecule has 0 aliphatic heterocycles. The molecule has 1 aromatic heterocycles. The minimum atomic E-state index is -0.0976. The Hall–Kier alpha value is -3.79. The molecule has 0 saturated heterocycles. The van der Waals surface area contributed by atoms with Crippen LogP contribution in [0.2, 0.25) is 0 Å². The average molecular weight is 404 g/mol. The quantitative estimate of drug-likeness (QED) is 0.546. The molecule has 0 aliphatic carbocycles. The number of aromatic nitrogens is 2. The largest absolute Gasteiger partial charge is 0.493 e. The van der Waals surface area contributed by atoms with Crippen LogP contribution in [-0.4, -0.2) is 29.4 Å². The van der Waals surface area contributed by atoms with Gasteiger partial charge in [-0.15, -0.1) is 0 Å². The van der Waals surface area contributed by atoms with Crippen molar-refractivity contribution >= 4 is 11.7 Å². The monoisotopic (exact) mass is 404 g/mol. The van der Waals surface area contributed by atoms with E-state index in [1.165, 1.54) is 7.11 Å². The Morgan fingerprint density at radius 3 is 2.70 bits per heavy atom. The standard InChI is InChI=1S/C23H24N4O3/c1-17-13-22(27(26-17)16-18-7-4-3-5-8-18)25-23(28)9-6-12-30-20-11-10-19(15-24)14-21(20)29-2/h3-5,7-8,10-11,13-14H,6,9,12,16H2,1-2H3,(H,25,28). The Labute approximate surface area is 175 Å². The molecule has 30 heavy (non-hydrogen) atoms. The predicted molar refractivity (Wildman–Crippen MR) is 114 cm³/mol. The van der Waals surface area contributed by atoms with Crippen molar-refractivity contribution in [3.8, 4) is 17.6 Å². The summed E-state index contributed by atoms with van der Waals surface area (Å²) in [7, 11) is 1.53. The molecular weight excluding hydrogens is 380 g/mol. The van der Waals surface area contributed by atoms with Crippen LogP contribution in [0, 0.1) is 18.3 Å². The maximum Gasteiger partial charge on any atom is 0.225 e. The number of anilines is 1. The SMILES string of the molecule is COc1cc(C#N)ccc1OCCCC(=O)Nc1cc(C)nn1Cc1ccccc1. The molecule has 2 aromatic carbocycles. The lowest BCUT2D eigenvalue weighted by atomic mass is 10.2. The molecule has 0 unspecified atom stereocenters. The first-order valence-corrected chi connectivity index (χ1v) is 9.68. The highest BCUT2D eigenvalue weighted by molar-refractivity contribution is 5.89. The van der Waals surface area contributed by atoms with Gasteiger partial charge in [-0.3, -0.25) is 4.79 Å². The summed E-state index contributed by atoms with van der Waals surface area (Å²) in [5.74, 6) is 1.63. The van der Waals surface area contributed by atoms with Crippen molar-refractivity contribution in [1.82, 2.24) is 9.78 Å². The van der Waals surface area contributed by atoms with Crippen LogP contribution in [-0.2, 0) is 11.3 Å². The second-order valence-corrected chi connectivity index (χ2v) is 6.79. The number of ether oxygens (including phenoxy) is 2. The molecular formula is C23H24N4O3. The van der Waals surface area contributed by atoms with Gasteiger partial charge in [-0.05, 0) is 31.0 Å². The number of hydrogen-bond acceptors (Lipinski definition) is 5. The smallest absolute Gasteiger partial charge is 0.225 e. The minimum absolute atomic E-state index is 0.0976. The highest BCUT2D eigenvalue weighted by Gasteiger charge is 2.11. The first-order chi connectivity index (χ1) is 14.6. The van der Waals surface area contributed by atoms with Gasteiger partial charge < -0.3 is 14.8 Å². The number of nitriles is 1. The molecule has 0 aliphatic rings. The number of nitrogens with one attached hydrogen (secondary N) is 1. The third-order valence-electron chi connectivity index (χ3n) is 4.44. The zero-order chi connectivity index (χ0) is 21.3. The maximum atomic E-state index is 12.4. The van der Waals surface area contributed by atoms with Gasteiger partial charge in [0.1, 0.15) is 5.82 Å². The summed E-state index contributed by atoms with van der Waals surface area (Å²) in [6.45, 7) is 2.85. The van der Waals surface area contributed by atoms with E-state index in [2.05, 4.69) is 16.5 Å². The van der Waals surface area contributed by atoms with E-state index in [0.717, 1.165) is 11.3 Å². The molecule has 0 radical (unpaired) electrons. The Bertz CT molecular complexity index is 1040. The minimum Gasteiger partial charge on any atom is -0.493 e. The van der Waals surface area contributed by atoms with Crippen molar-refractivity contribution in [2.75, 3.05) is 19.0 Å². The van der Waals surface area contributed by atoms with Gasteiger partial charge in [-0.2, -0.15) is 10.4 Å². The van der Waals surface area contributed by atoms with Crippen LogP contribution in [0.3, 0.4) is 0 Å². The zero-order valence-electron chi connectivity index (χ0n) is 17.1. The van der Waals surface area contributed by atoms with Crippen molar-refractivity contribution in [1.29, 1.82) is 5.26 Å². The van der Waals surface area contributed by atoms with Crippen molar-refractivity contribution in [2.45, 2.75) is 26.3 Å². The molecule has 0 bridgehead atoms. The molecule has 3 rings (SSSR count). The van der Waals surface area contributed by atoms with Crippen LogP contribution in [0.15, 0.2) is 54.6 Å². The van der Waals surface area contributed by atoms with Gasteiger partial charge in [0.05, 0.1) is 37.6 Å². The maximum absolute atomic E-state index is 12.4. The number of rotatable bonds is 9. The molecule has 1 heterocycles. The van der Waals surface area contributed by atoms with Crippen LogP contribution in [0.1, 0.15) is 29.7 Å². The van der Waals surface area contributed by atoms with Crippen LogP contribution >= 0.6 is 0 Å². The molecule has 1 amide bonds. The van der Waals surface area contributed by atoms with E-state index < -0.39 is 0 Å². The molecule has 0 fully saturated rings. The average Bonchev–Trinajstić information content (AvgIpc) is 3.10. The van der Waals surface area contributed by atoms with Gasteiger partial charge in [0.25, 0.3) is 0 Å². The highest BCUT2D eigenvalue weighted by Crippen LogP contribution is 2.28. The molecule has 0 atom stereocenters. The first-order valence-electron chi connectivity index (χ1n) is 9.68. The van der Waals surface area contributed by atoms with Crippen molar-refractivity contribution < 1.29 is 14.3 Å². The summed E-state index contributed by atoms with van der Waals surface area (Å²) < 4.78 is 12.7. The lowest BCUT2D eigenvalue weighted by molar-refractivity contribution is -0.116. The summed E-state index contributed by atoms with van der Waals surface area (Å²) >= 11 is 0. The fraction of sp³-hybridized carbons (Fsp3) is 0.261. The van der Waals surface area contributed by atoms with Crippen LogP contribution in [0.25, 0.3) is 0 Å². The van der Waals surface area contributed by atoms with E-state index in [4.69, 9.17) is 14.7 Å². The summed E-state index contributed by atoms with van der Waals surface area (Å²) in [5.41, 5.74) is 2.46. The molecule has 7 heteroatoms. The van der Waals surface area contributed by atoms with E-state index in [-0.39, 0.29) is 5.91 Å². The van der Waals surface area contributed by atoms with Gasteiger partial charge in [0.2, 0.25) is 5.91 Å². The lowest BCUT2D eigenvalue weighted by Crippen LogP contribution is -2.16. The summed E-state index contributed by atoms with van der Waals surface area (Å²) in [6, 6.07) is 18.9. The molecule has 3 aromatic rings.